The van der Waals surface area contributed by atoms with Gasteiger partial charge in [0.15, 0.2) is 0 Å². The number of nitrogens with zero attached hydrogens (tertiary/aromatic N) is 1. The van der Waals surface area contributed by atoms with Crippen molar-refractivity contribution in [3.8, 4) is 5.75 Å². The summed E-state index contributed by atoms with van der Waals surface area (Å²) in [6.07, 6.45) is 0. The molecule has 1 atom stereocenters. The Morgan fingerprint density at radius 2 is 1.75 bits per heavy atom. The molecule has 4 rings (SSSR count). The molecule has 0 aromatic heterocycles. The minimum Gasteiger partial charge on any atom is -0.508 e. The van der Waals surface area contributed by atoms with E-state index in [0.29, 0.717) is 18.8 Å². The van der Waals surface area contributed by atoms with E-state index in [1.54, 1.807) is 18.2 Å². The van der Waals surface area contributed by atoms with Crippen molar-refractivity contribution in [1.82, 2.24) is 4.90 Å². The van der Waals surface area contributed by atoms with Crippen molar-refractivity contribution in [2.75, 3.05) is 33.4 Å². The molecule has 1 saturated heterocycles. The lowest BCUT2D eigenvalue weighted by Crippen LogP contribution is -2.39. The molecule has 1 aliphatic heterocycles. The fraction of sp³-hybridized carbons (Fsp3) is 0.261. The van der Waals surface area contributed by atoms with Gasteiger partial charge in [-0.2, -0.15) is 0 Å². The average Bonchev–Trinajstić information content (AvgIpc) is 2.76. The molecule has 0 radical (unpaired) electrons. The SMILES string of the molecule is COC(=O)c1ccc([C@@H](c2c(O)ccc3ccccc23)N2CCOCC2)cc1. The van der Waals surface area contributed by atoms with E-state index in [0.717, 1.165) is 35.0 Å². The molecule has 0 bridgehead atoms. The van der Waals surface area contributed by atoms with Crippen molar-refractivity contribution in [3.63, 3.8) is 0 Å². The summed E-state index contributed by atoms with van der Waals surface area (Å²) in [4.78, 5) is 14.1. The van der Waals surface area contributed by atoms with E-state index < -0.39 is 0 Å². The number of carbonyl (C=O) groups is 1. The highest BCUT2D eigenvalue weighted by Crippen LogP contribution is 2.39. The third-order valence-electron chi connectivity index (χ3n) is 5.28. The van der Waals surface area contributed by atoms with Gasteiger partial charge in [-0.25, -0.2) is 4.79 Å². The Morgan fingerprint density at radius 3 is 2.46 bits per heavy atom. The first-order valence-electron chi connectivity index (χ1n) is 9.39. The van der Waals surface area contributed by atoms with Crippen LogP contribution in [0.15, 0.2) is 60.7 Å². The van der Waals surface area contributed by atoms with Crippen molar-refractivity contribution < 1.29 is 19.4 Å². The number of fused-ring (bicyclic) bond motifs is 1. The largest absolute Gasteiger partial charge is 0.508 e. The summed E-state index contributed by atoms with van der Waals surface area (Å²) in [6, 6.07) is 19.1. The number of rotatable bonds is 4. The Bertz CT molecular complexity index is 978. The number of benzene rings is 3. The summed E-state index contributed by atoms with van der Waals surface area (Å²) < 4.78 is 10.3. The summed E-state index contributed by atoms with van der Waals surface area (Å²) in [5.74, 6) is -0.0882. The number of morpholine rings is 1. The van der Waals surface area contributed by atoms with E-state index in [1.807, 2.05) is 36.4 Å². The summed E-state index contributed by atoms with van der Waals surface area (Å²) >= 11 is 0. The van der Waals surface area contributed by atoms with Gasteiger partial charge in [0.25, 0.3) is 0 Å². The van der Waals surface area contributed by atoms with Gasteiger partial charge in [0.1, 0.15) is 5.75 Å². The molecule has 28 heavy (non-hydrogen) atoms. The van der Waals surface area contributed by atoms with Gasteiger partial charge in [-0.3, -0.25) is 4.90 Å². The van der Waals surface area contributed by atoms with Crippen LogP contribution < -0.4 is 0 Å². The smallest absolute Gasteiger partial charge is 0.337 e. The topological polar surface area (TPSA) is 59.0 Å². The Kier molecular flexibility index (Phi) is 5.28. The van der Waals surface area contributed by atoms with Gasteiger partial charge in [-0.1, -0.05) is 42.5 Å². The maximum Gasteiger partial charge on any atom is 0.337 e. The zero-order valence-corrected chi connectivity index (χ0v) is 15.8. The molecule has 1 fully saturated rings. The van der Waals surface area contributed by atoms with E-state index in [-0.39, 0.29) is 17.8 Å². The quantitative estimate of drug-likeness (QED) is 0.702. The Balaban J connectivity index is 1.85. The van der Waals surface area contributed by atoms with Crippen LogP contribution >= 0.6 is 0 Å². The van der Waals surface area contributed by atoms with Crippen LogP contribution in [0.1, 0.15) is 27.5 Å². The highest BCUT2D eigenvalue weighted by atomic mass is 16.5. The molecule has 0 saturated carbocycles. The Labute approximate surface area is 164 Å². The van der Waals surface area contributed by atoms with Crippen LogP contribution in [0.25, 0.3) is 10.8 Å². The van der Waals surface area contributed by atoms with Crippen LogP contribution in [0.5, 0.6) is 5.75 Å². The van der Waals surface area contributed by atoms with Crippen molar-refractivity contribution in [1.29, 1.82) is 0 Å². The molecule has 5 nitrogen and oxygen atoms in total. The summed E-state index contributed by atoms with van der Waals surface area (Å²) in [7, 11) is 1.38. The second-order valence-corrected chi connectivity index (χ2v) is 6.88. The molecule has 1 N–H and O–H groups in total. The van der Waals surface area contributed by atoms with Crippen LogP contribution in [0, 0.1) is 0 Å². The lowest BCUT2D eigenvalue weighted by atomic mass is 9.91. The van der Waals surface area contributed by atoms with Crippen LogP contribution in [0.3, 0.4) is 0 Å². The maximum absolute atomic E-state index is 11.8. The summed E-state index contributed by atoms with van der Waals surface area (Å²) in [6.45, 7) is 2.85. The zero-order chi connectivity index (χ0) is 19.5. The second kappa shape index (κ2) is 8.00. The number of hydrogen-bond donors (Lipinski definition) is 1. The van der Waals surface area contributed by atoms with Gasteiger partial charge in [-0.05, 0) is 34.5 Å². The molecule has 0 amide bonds. The van der Waals surface area contributed by atoms with Gasteiger partial charge in [0, 0.05) is 18.7 Å². The minimum atomic E-state index is -0.359. The Hall–Kier alpha value is -2.89. The third-order valence-corrected chi connectivity index (χ3v) is 5.28. The first-order valence-corrected chi connectivity index (χ1v) is 9.39. The van der Waals surface area contributed by atoms with E-state index >= 15 is 0 Å². The molecule has 0 unspecified atom stereocenters. The molecule has 1 aliphatic rings. The zero-order valence-electron chi connectivity index (χ0n) is 15.8. The van der Waals surface area contributed by atoms with Crippen LogP contribution in [0.2, 0.25) is 0 Å². The number of carbonyl (C=O) groups excluding carboxylic acids is 1. The number of esters is 1. The monoisotopic (exact) mass is 377 g/mol. The number of hydrogen-bond acceptors (Lipinski definition) is 5. The lowest BCUT2D eigenvalue weighted by molar-refractivity contribution is 0.0238. The van der Waals surface area contributed by atoms with Crippen molar-refractivity contribution in [3.05, 3.63) is 77.4 Å². The van der Waals surface area contributed by atoms with Gasteiger partial charge < -0.3 is 14.6 Å². The van der Waals surface area contributed by atoms with E-state index in [1.165, 1.54) is 7.11 Å². The van der Waals surface area contributed by atoms with E-state index in [9.17, 15) is 9.90 Å². The van der Waals surface area contributed by atoms with Crippen LogP contribution in [-0.2, 0) is 9.47 Å². The highest BCUT2D eigenvalue weighted by Gasteiger charge is 2.28. The summed E-state index contributed by atoms with van der Waals surface area (Å²) in [5.41, 5.74) is 2.40. The maximum atomic E-state index is 11.8. The predicted octanol–water partition coefficient (Wildman–Crippen LogP) is 3.75. The number of phenolic OH excluding ortho intramolecular Hbond substituents is 1. The van der Waals surface area contributed by atoms with Gasteiger partial charge >= 0.3 is 5.97 Å². The van der Waals surface area contributed by atoms with Crippen LogP contribution in [-0.4, -0.2) is 49.4 Å². The first kappa shape index (κ1) is 18.5. The minimum absolute atomic E-state index is 0.137. The third kappa shape index (κ3) is 3.46. The second-order valence-electron chi connectivity index (χ2n) is 6.88. The Morgan fingerprint density at radius 1 is 1.04 bits per heavy atom. The number of aromatic hydroxyl groups is 1. The van der Waals surface area contributed by atoms with Gasteiger partial charge in [0.05, 0.1) is 31.9 Å². The molecular formula is C23H23NO4. The number of phenols is 1. The fourth-order valence-corrected chi connectivity index (χ4v) is 3.89. The normalized spacial score (nSPS) is 16.0. The predicted molar refractivity (Wildman–Crippen MR) is 108 cm³/mol. The lowest BCUT2D eigenvalue weighted by Gasteiger charge is -2.36. The van der Waals surface area contributed by atoms with E-state index in [2.05, 4.69) is 11.0 Å². The molecule has 5 heteroatoms. The fourth-order valence-electron chi connectivity index (χ4n) is 3.89. The molecule has 3 aromatic carbocycles. The van der Waals surface area contributed by atoms with Crippen molar-refractivity contribution >= 4 is 16.7 Å². The van der Waals surface area contributed by atoms with Crippen molar-refractivity contribution in [2.45, 2.75) is 6.04 Å². The molecular weight excluding hydrogens is 354 g/mol. The van der Waals surface area contributed by atoms with E-state index in [4.69, 9.17) is 9.47 Å². The summed E-state index contributed by atoms with van der Waals surface area (Å²) in [5, 5.41) is 12.9. The van der Waals surface area contributed by atoms with Gasteiger partial charge in [-0.15, -0.1) is 0 Å². The highest BCUT2D eigenvalue weighted by molar-refractivity contribution is 5.90. The number of ether oxygens (including phenoxy) is 2. The first-order chi connectivity index (χ1) is 13.7. The standard InChI is InChI=1S/C23H23NO4/c1-27-23(26)18-8-6-17(7-9-18)22(24-12-14-28-15-13-24)21-19-5-3-2-4-16(19)10-11-20(21)25/h2-11,22,25H,12-15H2,1H3/t22-/m0/s1. The average molecular weight is 377 g/mol. The van der Waals surface area contributed by atoms with Gasteiger partial charge in [0.2, 0.25) is 0 Å². The van der Waals surface area contributed by atoms with Crippen molar-refractivity contribution in [2.24, 2.45) is 0 Å². The molecule has 3 aromatic rings. The molecule has 1 heterocycles. The van der Waals surface area contributed by atoms with Crippen LogP contribution in [0.4, 0.5) is 0 Å². The molecule has 0 aliphatic carbocycles. The molecule has 0 spiro atoms. The molecule has 144 valence electrons. The number of methoxy groups -OCH3 is 1.